The van der Waals surface area contributed by atoms with E-state index >= 15 is 0 Å². The van der Waals surface area contributed by atoms with E-state index < -0.39 is 6.09 Å². The lowest BCUT2D eigenvalue weighted by Gasteiger charge is -2.12. The molecule has 0 aliphatic carbocycles. The maximum atomic E-state index is 12.0. The van der Waals surface area contributed by atoms with Crippen LogP contribution in [0.5, 0.6) is 11.5 Å². The Labute approximate surface area is 161 Å². The van der Waals surface area contributed by atoms with Crippen LogP contribution in [0.15, 0.2) is 47.6 Å². The van der Waals surface area contributed by atoms with Crippen LogP contribution in [0.25, 0.3) is 0 Å². The molecule has 0 atom stereocenters. The monoisotopic (exact) mass is 391 g/mol. The average Bonchev–Trinajstić information content (AvgIpc) is 2.68. The van der Waals surface area contributed by atoms with Crippen LogP contribution in [0, 0.1) is 0 Å². The fraction of sp³-hybridized carbons (Fsp3) is 0.167. The minimum atomic E-state index is -0.678. The highest BCUT2D eigenvalue weighted by Gasteiger charge is 2.10. The standard InChI is InChI=1S/C18H18ClN3O5/c1-25-16-9-12(10-20-22-18(24)26-2)7-8-15(16)27-11-17(23)21-14-6-4-3-5-13(14)19/h3-10H,11H2,1-2H3,(H,21,23)(H,22,24)/b20-10-. The molecule has 0 aromatic heterocycles. The van der Waals surface area contributed by atoms with Crippen molar-refractivity contribution in [1.29, 1.82) is 0 Å². The summed E-state index contributed by atoms with van der Waals surface area (Å²) in [6, 6.07) is 11.9. The van der Waals surface area contributed by atoms with Gasteiger partial charge in [-0.25, -0.2) is 10.2 Å². The molecule has 0 heterocycles. The molecule has 2 aromatic carbocycles. The predicted molar refractivity (Wildman–Crippen MR) is 102 cm³/mol. The molecule has 27 heavy (non-hydrogen) atoms. The minimum Gasteiger partial charge on any atom is -0.493 e. The van der Waals surface area contributed by atoms with Gasteiger partial charge in [-0.3, -0.25) is 4.79 Å². The predicted octanol–water partition coefficient (Wildman–Crippen LogP) is 3.06. The van der Waals surface area contributed by atoms with Crippen LogP contribution in [0.2, 0.25) is 5.02 Å². The molecule has 8 nitrogen and oxygen atoms in total. The Hall–Kier alpha value is -3.26. The van der Waals surface area contributed by atoms with Crippen LogP contribution in [0.4, 0.5) is 10.5 Å². The highest BCUT2D eigenvalue weighted by Crippen LogP contribution is 2.27. The third-order valence-electron chi connectivity index (χ3n) is 3.25. The van der Waals surface area contributed by atoms with Gasteiger partial charge >= 0.3 is 6.09 Å². The first kappa shape index (κ1) is 20.1. The molecule has 2 N–H and O–H groups in total. The second kappa shape index (κ2) is 10.0. The number of nitrogens with one attached hydrogen (secondary N) is 2. The van der Waals surface area contributed by atoms with Gasteiger partial charge in [0.2, 0.25) is 0 Å². The van der Waals surface area contributed by atoms with E-state index in [0.717, 1.165) is 0 Å². The quantitative estimate of drug-likeness (QED) is 0.558. The topological polar surface area (TPSA) is 98.3 Å². The molecule has 0 unspecified atom stereocenters. The summed E-state index contributed by atoms with van der Waals surface area (Å²) in [5, 5.41) is 6.83. The number of halogens is 1. The van der Waals surface area contributed by atoms with Crippen molar-refractivity contribution < 1.29 is 23.8 Å². The Morgan fingerprint density at radius 1 is 1.15 bits per heavy atom. The Balaban J connectivity index is 1.96. The highest BCUT2D eigenvalue weighted by atomic mass is 35.5. The van der Waals surface area contributed by atoms with Gasteiger partial charge in [0.1, 0.15) is 0 Å². The molecule has 9 heteroatoms. The molecule has 0 fully saturated rings. The van der Waals surface area contributed by atoms with E-state index in [1.54, 1.807) is 42.5 Å². The van der Waals surface area contributed by atoms with Crippen LogP contribution < -0.4 is 20.2 Å². The molecule has 0 saturated carbocycles. The number of amides is 2. The summed E-state index contributed by atoms with van der Waals surface area (Å²) in [4.78, 5) is 23.0. The van der Waals surface area contributed by atoms with Gasteiger partial charge in [0.25, 0.3) is 5.91 Å². The second-order valence-corrected chi connectivity index (χ2v) is 5.50. The SMILES string of the molecule is COC(=O)N/N=C\c1ccc(OCC(=O)Nc2ccccc2Cl)c(OC)c1. The van der Waals surface area contributed by atoms with Gasteiger partial charge in [0.05, 0.1) is 31.1 Å². The number of benzene rings is 2. The van der Waals surface area contributed by atoms with Gasteiger partial charge in [-0.1, -0.05) is 23.7 Å². The number of para-hydroxylation sites is 1. The Morgan fingerprint density at radius 3 is 2.63 bits per heavy atom. The molecule has 142 valence electrons. The van der Waals surface area contributed by atoms with E-state index in [0.29, 0.717) is 27.8 Å². The fourth-order valence-corrected chi connectivity index (χ4v) is 2.16. The van der Waals surface area contributed by atoms with Crippen molar-refractivity contribution in [2.24, 2.45) is 5.10 Å². The molecular formula is C18H18ClN3O5. The van der Waals surface area contributed by atoms with E-state index in [2.05, 4.69) is 20.6 Å². The first-order valence-corrected chi connectivity index (χ1v) is 8.13. The number of carbonyl (C=O) groups excluding carboxylic acids is 2. The third-order valence-corrected chi connectivity index (χ3v) is 3.58. The number of anilines is 1. The van der Waals surface area contributed by atoms with Crippen LogP contribution in [-0.4, -0.2) is 39.0 Å². The van der Waals surface area contributed by atoms with Gasteiger partial charge in [-0.2, -0.15) is 5.10 Å². The Kier molecular flexibility index (Phi) is 7.45. The molecule has 0 aliphatic rings. The molecule has 0 spiro atoms. The zero-order valence-corrected chi connectivity index (χ0v) is 15.4. The summed E-state index contributed by atoms with van der Waals surface area (Å²) in [7, 11) is 2.71. The van der Waals surface area contributed by atoms with E-state index in [1.807, 2.05) is 0 Å². The van der Waals surface area contributed by atoms with Crippen molar-refractivity contribution in [2.75, 3.05) is 26.1 Å². The van der Waals surface area contributed by atoms with Gasteiger partial charge < -0.3 is 19.5 Å². The maximum Gasteiger partial charge on any atom is 0.427 e. The third kappa shape index (κ3) is 6.19. The molecule has 0 radical (unpaired) electrons. The number of rotatable bonds is 7. The molecule has 2 aromatic rings. The van der Waals surface area contributed by atoms with Crippen molar-refractivity contribution in [3.8, 4) is 11.5 Å². The van der Waals surface area contributed by atoms with Gasteiger partial charge in [0, 0.05) is 0 Å². The number of methoxy groups -OCH3 is 2. The van der Waals surface area contributed by atoms with E-state index in [4.69, 9.17) is 21.1 Å². The molecule has 0 aliphatic heterocycles. The number of hydrogen-bond donors (Lipinski definition) is 2. The van der Waals surface area contributed by atoms with Crippen molar-refractivity contribution in [1.82, 2.24) is 5.43 Å². The summed E-state index contributed by atoms with van der Waals surface area (Å²) in [6.07, 6.45) is 0.732. The largest absolute Gasteiger partial charge is 0.493 e. The van der Waals surface area contributed by atoms with Crippen LogP contribution in [0.3, 0.4) is 0 Å². The van der Waals surface area contributed by atoms with E-state index in [-0.39, 0.29) is 12.5 Å². The zero-order valence-electron chi connectivity index (χ0n) is 14.7. The fourth-order valence-electron chi connectivity index (χ4n) is 1.98. The molecule has 0 saturated heterocycles. The van der Waals surface area contributed by atoms with Crippen molar-refractivity contribution in [3.05, 3.63) is 53.1 Å². The lowest BCUT2D eigenvalue weighted by atomic mass is 10.2. The van der Waals surface area contributed by atoms with Crippen molar-refractivity contribution >= 4 is 35.5 Å². The minimum absolute atomic E-state index is 0.223. The summed E-state index contributed by atoms with van der Waals surface area (Å²) in [5.41, 5.74) is 3.33. The van der Waals surface area contributed by atoms with Gasteiger partial charge in [-0.15, -0.1) is 0 Å². The first-order valence-electron chi connectivity index (χ1n) is 7.75. The maximum absolute atomic E-state index is 12.0. The lowest BCUT2D eigenvalue weighted by molar-refractivity contribution is -0.118. The Bertz CT molecular complexity index is 841. The van der Waals surface area contributed by atoms with Crippen LogP contribution >= 0.6 is 11.6 Å². The number of nitrogens with zero attached hydrogens (tertiary/aromatic N) is 1. The highest BCUT2D eigenvalue weighted by molar-refractivity contribution is 6.33. The zero-order chi connectivity index (χ0) is 19.6. The first-order chi connectivity index (χ1) is 13.0. The smallest absolute Gasteiger partial charge is 0.427 e. The Morgan fingerprint density at radius 2 is 1.93 bits per heavy atom. The number of hydrazone groups is 1. The summed E-state index contributed by atoms with van der Waals surface area (Å²) < 4.78 is 15.2. The summed E-state index contributed by atoms with van der Waals surface area (Å²) >= 11 is 6.00. The van der Waals surface area contributed by atoms with Gasteiger partial charge in [0.15, 0.2) is 18.1 Å². The van der Waals surface area contributed by atoms with Gasteiger partial charge in [-0.05, 0) is 35.9 Å². The number of hydrogen-bond acceptors (Lipinski definition) is 6. The summed E-state index contributed by atoms with van der Waals surface area (Å²) in [6.45, 7) is -0.223. The van der Waals surface area contributed by atoms with Crippen LogP contribution in [0.1, 0.15) is 5.56 Å². The second-order valence-electron chi connectivity index (χ2n) is 5.09. The molecule has 0 bridgehead atoms. The summed E-state index contributed by atoms with van der Waals surface area (Å²) in [5.74, 6) is 0.422. The van der Waals surface area contributed by atoms with E-state index in [9.17, 15) is 9.59 Å². The van der Waals surface area contributed by atoms with E-state index in [1.165, 1.54) is 20.4 Å². The molecule has 2 amide bonds. The molecule has 2 rings (SSSR count). The average molecular weight is 392 g/mol. The van der Waals surface area contributed by atoms with Crippen molar-refractivity contribution in [3.63, 3.8) is 0 Å². The number of ether oxygens (including phenoxy) is 3. The van der Waals surface area contributed by atoms with Crippen molar-refractivity contribution in [2.45, 2.75) is 0 Å². The van der Waals surface area contributed by atoms with Crippen LogP contribution in [-0.2, 0) is 9.53 Å². The lowest BCUT2D eigenvalue weighted by Crippen LogP contribution is -2.20. The molecular weight excluding hydrogens is 374 g/mol. The number of carbonyl (C=O) groups is 2. The normalized spacial score (nSPS) is 10.3.